The smallest absolute Gasteiger partial charge is 0.224 e. The maximum atomic E-state index is 13.3. The van der Waals surface area contributed by atoms with Crippen LogP contribution in [0.25, 0.3) is 0 Å². The number of aromatic nitrogens is 2. The predicted octanol–water partition coefficient (Wildman–Crippen LogP) is 2.55. The van der Waals surface area contributed by atoms with Crippen LogP contribution in [0, 0.1) is 29.1 Å². The van der Waals surface area contributed by atoms with Crippen molar-refractivity contribution in [1.82, 2.24) is 9.97 Å². The van der Waals surface area contributed by atoms with Crippen LogP contribution in [0.15, 0.2) is 12.3 Å². The number of hydrogen-bond acceptors (Lipinski definition) is 4. The van der Waals surface area contributed by atoms with E-state index in [9.17, 15) is 22.0 Å². The van der Waals surface area contributed by atoms with Crippen LogP contribution in [0.2, 0.25) is 0 Å². The molecule has 9 heteroatoms. The zero-order valence-corrected chi connectivity index (χ0v) is 8.92. The Morgan fingerprint density at radius 2 is 1.42 bits per heavy atom. The van der Waals surface area contributed by atoms with Crippen LogP contribution < -0.4 is 10.5 Å². The van der Waals surface area contributed by atoms with Crippen molar-refractivity contribution in [2.45, 2.75) is 0 Å². The quantitative estimate of drug-likeness (QED) is 0.520. The number of nitrogens with two attached hydrogens (primary N) is 1. The number of ether oxygens (including phenoxy) is 1. The van der Waals surface area contributed by atoms with Gasteiger partial charge >= 0.3 is 0 Å². The van der Waals surface area contributed by atoms with Crippen LogP contribution in [0.5, 0.6) is 11.6 Å². The molecule has 0 radical (unpaired) electrons. The number of nitrogen functional groups attached to an aromatic ring is 1. The van der Waals surface area contributed by atoms with Gasteiger partial charge in [0.15, 0.2) is 0 Å². The summed E-state index contributed by atoms with van der Waals surface area (Å²) in [6.07, 6.45) is 1.09. The normalized spacial score (nSPS) is 10.6. The van der Waals surface area contributed by atoms with Gasteiger partial charge in [-0.3, -0.25) is 0 Å². The highest BCUT2D eigenvalue weighted by Gasteiger charge is 2.27. The first-order valence-corrected chi connectivity index (χ1v) is 4.69. The Hall–Kier alpha value is -2.45. The van der Waals surface area contributed by atoms with Crippen molar-refractivity contribution in [3.05, 3.63) is 41.3 Å². The summed E-state index contributed by atoms with van der Waals surface area (Å²) in [6.45, 7) is 0. The summed E-state index contributed by atoms with van der Waals surface area (Å²) in [7, 11) is 0. The summed E-state index contributed by atoms with van der Waals surface area (Å²) in [5.74, 6) is -12.9. The van der Waals surface area contributed by atoms with Gasteiger partial charge in [0.2, 0.25) is 46.7 Å². The van der Waals surface area contributed by atoms with Crippen LogP contribution in [-0.2, 0) is 0 Å². The monoisotopic (exact) mass is 277 g/mol. The van der Waals surface area contributed by atoms with Gasteiger partial charge in [0.1, 0.15) is 0 Å². The second-order valence-corrected chi connectivity index (χ2v) is 3.25. The van der Waals surface area contributed by atoms with Crippen molar-refractivity contribution in [3.8, 4) is 11.6 Å². The highest BCUT2D eigenvalue weighted by atomic mass is 19.2. The lowest BCUT2D eigenvalue weighted by molar-refractivity contribution is 0.328. The zero-order chi connectivity index (χ0) is 14.2. The van der Waals surface area contributed by atoms with Gasteiger partial charge in [-0.15, -0.1) is 0 Å². The van der Waals surface area contributed by atoms with E-state index in [2.05, 4.69) is 14.7 Å². The summed E-state index contributed by atoms with van der Waals surface area (Å²) in [4.78, 5) is 6.87. The van der Waals surface area contributed by atoms with Crippen LogP contribution in [-0.4, -0.2) is 9.97 Å². The summed E-state index contributed by atoms with van der Waals surface area (Å²) in [5, 5.41) is 0. The number of hydrogen-bond donors (Lipinski definition) is 1. The molecule has 1 aromatic heterocycles. The third-order valence-corrected chi connectivity index (χ3v) is 2.02. The lowest BCUT2D eigenvalue weighted by Crippen LogP contribution is -2.05. The molecule has 0 spiro atoms. The average molecular weight is 277 g/mol. The Kier molecular flexibility index (Phi) is 3.19. The van der Waals surface area contributed by atoms with Gasteiger partial charge in [-0.05, 0) is 0 Å². The van der Waals surface area contributed by atoms with Gasteiger partial charge in [0.05, 0.1) is 0 Å². The Bertz CT molecular complexity index is 620. The van der Waals surface area contributed by atoms with Gasteiger partial charge in [-0.2, -0.15) is 13.8 Å². The SMILES string of the molecule is Nc1nccc(Oc2c(F)c(F)c(F)c(F)c2F)n1. The van der Waals surface area contributed by atoms with E-state index in [0.29, 0.717) is 0 Å². The lowest BCUT2D eigenvalue weighted by atomic mass is 10.2. The fraction of sp³-hybridized carbons (Fsp3) is 0. The van der Waals surface area contributed by atoms with Gasteiger partial charge in [0.25, 0.3) is 0 Å². The third kappa shape index (κ3) is 2.26. The molecule has 0 aliphatic heterocycles. The van der Waals surface area contributed by atoms with E-state index in [0.717, 1.165) is 12.3 Å². The number of benzene rings is 1. The molecule has 100 valence electrons. The molecule has 4 nitrogen and oxygen atoms in total. The van der Waals surface area contributed by atoms with E-state index in [1.807, 2.05) is 0 Å². The standard InChI is InChI=1S/C10H4F5N3O/c11-4-5(12)7(14)9(8(15)6(4)13)19-3-1-2-17-10(16)18-3/h1-2H,(H2,16,17,18). The molecule has 0 saturated carbocycles. The summed E-state index contributed by atoms with van der Waals surface area (Å²) >= 11 is 0. The molecular weight excluding hydrogens is 273 g/mol. The van der Waals surface area contributed by atoms with Crippen molar-refractivity contribution in [3.63, 3.8) is 0 Å². The summed E-state index contributed by atoms with van der Waals surface area (Å²) < 4.78 is 69.6. The first-order chi connectivity index (χ1) is 8.91. The van der Waals surface area contributed by atoms with Crippen molar-refractivity contribution < 1.29 is 26.7 Å². The van der Waals surface area contributed by atoms with E-state index in [1.54, 1.807) is 0 Å². The molecule has 0 atom stereocenters. The molecule has 0 aliphatic rings. The van der Waals surface area contributed by atoms with Crippen molar-refractivity contribution in [1.29, 1.82) is 0 Å². The minimum absolute atomic E-state index is 0.290. The highest BCUT2D eigenvalue weighted by Crippen LogP contribution is 2.31. The van der Waals surface area contributed by atoms with Crippen molar-refractivity contribution in [2.24, 2.45) is 0 Å². The fourth-order valence-electron chi connectivity index (χ4n) is 1.19. The predicted molar refractivity (Wildman–Crippen MR) is 52.8 cm³/mol. The number of rotatable bonds is 2. The molecule has 1 heterocycles. The van der Waals surface area contributed by atoms with Gasteiger partial charge in [-0.25, -0.2) is 18.2 Å². The zero-order valence-electron chi connectivity index (χ0n) is 8.92. The molecule has 0 amide bonds. The topological polar surface area (TPSA) is 61.0 Å². The molecule has 1 aromatic carbocycles. The Morgan fingerprint density at radius 1 is 0.895 bits per heavy atom. The van der Waals surface area contributed by atoms with Gasteiger partial charge in [-0.1, -0.05) is 0 Å². The fourth-order valence-corrected chi connectivity index (χ4v) is 1.19. The molecule has 19 heavy (non-hydrogen) atoms. The summed E-state index contributed by atoms with van der Waals surface area (Å²) in [5.41, 5.74) is 5.17. The van der Waals surface area contributed by atoms with Crippen LogP contribution >= 0.6 is 0 Å². The van der Waals surface area contributed by atoms with Crippen molar-refractivity contribution in [2.75, 3.05) is 5.73 Å². The lowest BCUT2D eigenvalue weighted by Gasteiger charge is -2.09. The second kappa shape index (κ2) is 4.67. The first kappa shape index (κ1) is 13.0. The maximum absolute atomic E-state index is 13.3. The molecular formula is C10H4F5N3O. The van der Waals surface area contributed by atoms with E-state index >= 15 is 0 Å². The minimum Gasteiger partial charge on any atom is -0.432 e. The maximum Gasteiger partial charge on any atom is 0.224 e. The minimum atomic E-state index is -2.27. The number of anilines is 1. The van der Waals surface area contributed by atoms with E-state index in [4.69, 9.17) is 5.73 Å². The Balaban J connectivity index is 2.52. The second-order valence-electron chi connectivity index (χ2n) is 3.25. The van der Waals surface area contributed by atoms with E-state index in [1.165, 1.54) is 0 Å². The van der Waals surface area contributed by atoms with Gasteiger partial charge in [0, 0.05) is 12.3 Å². The Labute approximate surface area is 102 Å². The number of nitrogens with zero attached hydrogens (tertiary/aromatic N) is 2. The highest BCUT2D eigenvalue weighted by molar-refractivity contribution is 5.33. The third-order valence-electron chi connectivity index (χ3n) is 2.02. The first-order valence-electron chi connectivity index (χ1n) is 4.69. The molecule has 2 aromatic rings. The average Bonchev–Trinajstić information content (AvgIpc) is 2.39. The molecule has 0 saturated heterocycles. The number of halogens is 5. The molecule has 0 bridgehead atoms. The molecule has 2 N–H and O–H groups in total. The van der Waals surface area contributed by atoms with Crippen LogP contribution in [0.4, 0.5) is 27.9 Å². The molecule has 0 fully saturated rings. The van der Waals surface area contributed by atoms with E-state index < -0.39 is 40.7 Å². The molecule has 0 unspecified atom stereocenters. The Morgan fingerprint density at radius 3 is 1.95 bits per heavy atom. The van der Waals surface area contributed by atoms with Crippen molar-refractivity contribution >= 4 is 5.95 Å². The summed E-state index contributed by atoms with van der Waals surface area (Å²) in [6, 6.07) is 1.04. The molecule has 0 aliphatic carbocycles. The van der Waals surface area contributed by atoms with Crippen LogP contribution in [0.3, 0.4) is 0 Å². The van der Waals surface area contributed by atoms with E-state index in [-0.39, 0.29) is 5.95 Å². The largest absolute Gasteiger partial charge is 0.432 e. The van der Waals surface area contributed by atoms with Gasteiger partial charge < -0.3 is 10.5 Å². The van der Waals surface area contributed by atoms with Crippen LogP contribution in [0.1, 0.15) is 0 Å². The molecule has 2 rings (SSSR count).